The summed E-state index contributed by atoms with van der Waals surface area (Å²) in [5.41, 5.74) is 0. The molecule has 0 unspecified atom stereocenters. The molecule has 0 atom stereocenters. The van der Waals surface area contributed by atoms with E-state index >= 15 is 0 Å². The largest absolute Gasteiger partial charge is 1.00 e. The molecule has 1 radical (unpaired) electrons. The molecule has 0 aliphatic carbocycles. The Morgan fingerprint density at radius 2 is 0.326 bits per heavy atom. The Bertz CT molecular complexity index is 1190. The van der Waals surface area contributed by atoms with E-state index in [2.05, 4.69) is 182 Å². The summed E-state index contributed by atoms with van der Waals surface area (Å²) in [6, 6.07) is 64.7. The second kappa shape index (κ2) is 23.1. The van der Waals surface area contributed by atoms with Crippen molar-refractivity contribution in [2.75, 3.05) is 0 Å². The van der Waals surface area contributed by atoms with Gasteiger partial charge < -0.3 is 67.9 Å². The zero-order chi connectivity index (χ0) is 25.8. The zero-order valence-electron chi connectivity index (χ0n) is 23.1. The van der Waals surface area contributed by atoms with Crippen LogP contribution < -0.4 is 99.8 Å². The summed E-state index contributed by atoms with van der Waals surface area (Å²) in [4.78, 5) is 0. The molecule has 0 spiro atoms. The second-order valence-corrected chi connectivity index (χ2v) is 13.1. The summed E-state index contributed by atoms with van der Waals surface area (Å²) in [5, 5.41) is 8.39. The van der Waals surface area contributed by atoms with Gasteiger partial charge in [0.2, 0.25) is 0 Å². The Morgan fingerprint density at radius 1 is 0.209 bits per heavy atom. The van der Waals surface area contributed by atoms with Crippen LogP contribution in [0.3, 0.4) is 0 Å². The van der Waals surface area contributed by atoms with Crippen molar-refractivity contribution in [2.24, 2.45) is 0 Å². The van der Waals surface area contributed by atoms with Gasteiger partial charge in [-0.3, -0.25) is 0 Å². The van der Waals surface area contributed by atoms with E-state index in [4.69, 9.17) is 0 Å². The van der Waals surface area contributed by atoms with Crippen LogP contribution in [0.15, 0.2) is 182 Å². The fourth-order valence-electron chi connectivity index (χ4n) is 4.36. The SMILES string of the molecule is [Br-].[Br-].[Br-].[Br-].[Ir].c1ccc(P(c2ccccc2)c2ccccc2)cc1.c1ccc(P(c2ccccc2)c2ccccc2)cc1. The molecule has 0 aromatic heterocycles. The Hall–Kier alpha value is -1.25. The minimum Gasteiger partial charge on any atom is -1.00 e. The molecule has 6 rings (SSSR count). The van der Waals surface area contributed by atoms with Gasteiger partial charge in [-0.25, -0.2) is 0 Å². The average Bonchev–Trinajstić information content (AvgIpc) is 3.01. The van der Waals surface area contributed by atoms with Crippen molar-refractivity contribution in [3.63, 3.8) is 0 Å². The first-order valence-electron chi connectivity index (χ1n) is 12.8. The van der Waals surface area contributed by atoms with Crippen molar-refractivity contribution in [3.8, 4) is 0 Å². The molecule has 0 saturated carbocycles. The predicted octanol–water partition coefficient (Wildman–Crippen LogP) is -5.10. The molecule has 0 saturated heterocycles. The molecule has 0 bridgehead atoms. The number of hydrogen-bond donors (Lipinski definition) is 0. The van der Waals surface area contributed by atoms with Crippen LogP contribution in [0.1, 0.15) is 0 Å². The summed E-state index contributed by atoms with van der Waals surface area (Å²) in [5.74, 6) is 0. The van der Waals surface area contributed by atoms with Crippen LogP contribution in [0.5, 0.6) is 0 Å². The molecule has 225 valence electrons. The minimum atomic E-state index is -0.446. The Kier molecular flexibility index (Phi) is 22.5. The van der Waals surface area contributed by atoms with E-state index in [-0.39, 0.29) is 88.0 Å². The van der Waals surface area contributed by atoms with Crippen LogP contribution in [0.25, 0.3) is 0 Å². The molecule has 7 heteroatoms. The smallest absolute Gasteiger partial charge is 0 e. The first-order valence-corrected chi connectivity index (χ1v) is 15.5. The van der Waals surface area contributed by atoms with Crippen LogP contribution in [-0.2, 0) is 20.1 Å². The third kappa shape index (κ3) is 12.2. The molecule has 0 aliphatic rings. The van der Waals surface area contributed by atoms with Crippen molar-refractivity contribution in [2.45, 2.75) is 0 Å². The van der Waals surface area contributed by atoms with Gasteiger partial charge in [0, 0.05) is 20.1 Å². The van der Waals surface area contributed by atoms with Crippen LogP contribution in [0.4, 0.5) is 0 Å². The molecule has 0 N–H and O–H groups in total. The number of halogens is 4. The summed E-state index contributed by atoms with van der Waals surface area (Å²) in [6.45, 7) is 0. The summed E-state index contributed by atoms with van der Waals surface area (Å²) in [6.07, 6.45) is 0. The monoisotopic (exact) mass is 1030 g/mol. The van der Waals surface area contributed by atoms with Crippen molar-refractivity contribution in [1.29, 1.82) is 0 Å². The van der Waals surface area contributed by atoms with Gasteiger partial charge in [0.05, 0.1) is 0 Å². The first-order chi connectivity index (χ1) is 18.9. The van der Waals surface area contributed by atoms with Crippen molar-refractivity contribution >= 4 is 47.7 Å². The van der Waals surface area contributed by atoms with Crippen molar-refractivity contribution in [3.05, 3.63) is 182 Å². The molecule has 0 nitrogen and oxygen atoms in total. The number of rotatable bonds is 6. The first kappa shape index (κ1) is 41.7. The van der Waals surface area contributed by atoms with Crippen LogP contribution in [0.2, 0.25) is 0 Å². The number of hydrogen-bond acceptors (Lipinski definition) is 0. The van der Waals surface area contributed by atoms with E-state index < -0.39 is 15.8 Å². The van der Waals surface area contributed by atoms with Crippen LogP contribution in [-0.4, -0.2) is 0 Å². The minimum absolute atomic E-state index is 0. The van der Waals surface area contributed by atoms with E-state index in [1.807, 2.05) is 0 Å². The van der Waals surface area contributed by atoms with E-state index in [0.29, 0.717) is 0 Å². The maximum atomic E-state index is 2.23. The van der Waals surface area contributed by atoms with Gasteiger partial charge in [0.1, 0.15) is 0 Å². The fraction of sp³-hybridized carbons (Fsp3) is 0. The van der Waals surface area contributed by atoms with Crippen molar-refractivity contribution in [1.82, 2.24) is 0 Å². The van der Waals surface area contributed by atoms with Gasteiger partial charge >= 0.3 is 0 Å². The third-order valence-electron chi connectivity index (χ3n) is 6.09. The Morgan fingerprint density at radius 3 is 0.442 bits per heavy atom. The molecule has 0 heterocycles. The van der Waals surface area contributed by atoms with E-state index in [0.717, 1.165) is 0 Å². The molecule has 6 aromatic rings. The number of benzene rings is 6. The molecular formula is C36H30Br4IrP2-4. The van der Waals surface area contributed by atoms with E-state index in [1.165, 1.54) is 31.8 Å². The van der Waals surface area contributed by atoms with Crippen LogP contribution >= 0.6 is 15.8 Å². The van der Waals surface area contributed by atoms with Gasteiger partial charge in [0.15, 0.2) is 0 Å². The Labute approximate surface area is 314 Å². The maximum Gasteiger partial charge on any atom is 0 e. The molecule has 43 heavy (non-hydrogen) atoms. The molecule has 6 aromatic carbocycles. The average molecular weight is 1040 g/mol. The summed E-state index contributed by atoms with van der Waals surface area (Å²) >= 11 is 0. The molecule has 0 fully saturated rings. The van der Waals surface area contributed by atoms with Gasteiger partial charge in [0.25, 0.3) is 0 Å². The summed E-state index contributed by atoms with van der Waals surface area (Å²) in [7, 11) is -0.892. The standard InChI is InChI=1S/2C18H15P.4BrH.Ir/c2*1-4-10-16(11-5-1)19(17-12-6-2-7-13-17)18-14-8-3-9-15-18;;;;;/h2*1-15H;4*1H;/p-4. The zero-order valence-corrected chi connectivity index (χ0v) is 33.6. The van der Waals surface area contributed by atoms with Gasteiger partial charge in [-0.1, -0.05) is 182 Å². The molecule has 0 aliphatic heterocycles. The van der Waals surface area contributed by atoms with E-state index in [1.54, 1.807) is 0 Å². The second-order valence-electron chi connectivity index (χ2n) is 8.68. The summed E-state index contributed by atoms with van der Waals surface area (Å²) < 4.78 is 0. The molecular weight excluding hydrogens is 1010 g/mol. The topological polar surface area (TPSA) is 0 Å². The van der Waals surface area contributed by atoms with Gasteiger partial charge in [-0.05, 0) is 47.7 Å². The van der Waals surface area contributed by atoms with Gasteiger partial charge in [-0.2, -0.15) is 0 Å². The van der Waals surface area contributed by atoms with E-state index in [9.17, 15) is 0 Å². The molecule has 0 amide bonds. The predicted molar refractivity (Wildman–Crippen MR) is 170 cm³/mol. The Balaban J connectivity index is 0.000000735. The van der Waals surface area contributed by atoms with Crippen LogP contribution in [0, 0.1) is 0 Å². The van der Waals surface area contributed by atoms with Crippen molar-refractivity contribution < 1.29 is 88.0 Å². The third-order valence-corrected chi connectivity index (χ3v) is 11.0. The normalized spacial score (nSPS) is 9.35. The maximum absolute atomic E-state index is 2.23. The fourth-order valence-corrected chi connectivity index (χ4v) is 8.97. The quantitative estimate of drug-likeness (QED) is 0.147. The van der Waals surface area contributed by atoms with Gasteiger partial charge in [-0.15, -0.1) is 0 Å².